The molecule has 10 nitrogen and oxygen atoms in total. The summed E-state index contributed by atoms with van der Waals surface area (Å²) in [6, 6.07) is 11.9. The Labute approximate surface area is 178 Å². The third-order valence-corrected chi connectivity index (χ3v) is 5.41. The zero-order chi connectivity index (χ0) is 22.7. The fraction of sp³-hybridized carbons (Fsp3) is 0.0952. The van der Waals surface area contributed by atoms with Crippen LogP contribution in [-0.2, 0) is 14.1 Å². The molecule has 5 aromatic rings. The minimum Gasteiger partial charge on any atom is -0.279 e. The van der Waals surface area contributed by atoms with Gasteiger partial charge in [-0.1, -0.05) is 24.3 Å². The number of fused-ring (bicyclic) bond motifs is 3. The van der Waals surface area contributed by atoms with Crippen molar-refractivity contribution >= 4 is 22.6 Å². The predicted molar refractivity (Wildman–Crippen MR) is 115 cm³/mol. The van der Waals surface area contributed by atoms with E-state index in [4.69, 9.17) is 0 Å². The monoisotopic (exact) mass is 434 g/mol. The van der Waals surface area contributed by atoms with Crippen molar-refractivity contribution in [3.63, 3.8) is 0 Å². The molecule has 2 aromatic carbocycles. The Morgan fingerprint density at radius 1 is 1.03 bits per heavy atom. The minimum atomic E-state index is -0.563. The van der Waals surface area contributed by atoms with Gasteiger partial charge in [0.05, 0.1) is 16.3 Å². The van der Waals surface area contributed by atoms with Crippen LogP contribution in [0.5, 0.6) is 0 Å². The van der Waals surface area contributed by atoms with Gasteiger partial charge in [-0.3, -0.25) is 33.0 Å². The largest absolute Gasteiger partial charge is 0.332 e. The van der Waals surface area contributed by atoms with Crippen molar-refractivity contribution in [2.75, 3.05) is 0 Å². The molecule has 32 heavy (non-hydrogen) atoms. The molecule has 5 rings (SSSR count). The normalized spacial score (nSPS) is 11.5. The minimum absolute atomic E-state index is 0.131. The van der Waals surface area contributed by atoms with Crippen LogP contribution >= 0.6 is 0 Å². The average molecular weight is 434 g/mol. The first kappa shape index (κ1) is 19.4. The summed E-state index contributed by atoms with van der Waals surface area (Å²) >= 11 is 0. The highest BCUT2D eigenvalue weighted by atomic mass is 19.1. The second kappa shape index (κ2) is 6.74. The summed E-state index contributed by atoms with van der Waals surface area (Å²) in [4.78, 5) is 40.5. The van der Waals surface area contributed by atoms with E-state index in [1.165, 1.54) is 64.0 Å². The lowest BCUT2D eigenvalue weighted by molar-refractivity contribution is -0.384. The Kier molecular flexibility index (Phi) is 4.09. The molecule has 0 spiro atoms. The second-order valence-corrected chi connectivity index (χ2v) is 7.27. The highest BCUT2D eigenvalue weighted by molar-refractivity contribution is 5.79. The first-order valence-corrected chi connectivity index (χ1v) is 9.49. The Hall–Kier alpha value is -4.54. The topological polar surface area (TPSA) is 109 Å². The Morgan fingerprint density at radius 3 is 2.50 bits per heavy atom. The molecule has 0 aliphatic heterocycles. The Morgan fingerprint density at radius 2 is 1.78 bits per heavy atom. The number of aromatic nitrogens is 5. The molecule has 0 bridgehead atoms. The summed E-state index contributed by atoms with van der Waals surface area (Å²) in [5.41, 5.74) is -0.00536. The molecule has 0 aliphatic rings. The Bertz CT molecular complexity index is 1690. The van der Waals surface area contributed by atoms with Crippen LogP contribution in [0.1, 0.15) is 0 Å². The molecular formula is C21H15FN6O4. The van der Waals surface area contributed by atoms with Crippen molar-refractivity contribution in [1.29, 1.82) is 0 Å². The summed E-state index contributed by atoms with van der Waals surface area (Å²) in [5, 5.41) is 11.3. The van der Waals surface area contributed by atoms with Crippen LogP contribution in [0.25, 0.3) is 33.9 Å². The number of nitro groups is 1. The standard InChI is InChI=1S/C21H15FN6O4/c1-24-18-17(19(29)25(2)21(24)30)26-11-16(12-6-5-7-13(10-12)28(31)32)27(20(26)23-18)15-9-4-3-8-14(15)22/h3-11H,1-2H3. The van der Waals surface area contributed by atoms with E-state index >= 15 is 0 Å². The van der Waals surface area contributed by atoms with E-state index in [0.717, 1.165) is 4.57 Å². The van der Waals surface area contributed by atoms with E-state index < -0.39 is 22.0 Å². The third-order valence-electron chi connectivity index (χ3n) is 5.41. The van der Waals surface area contributed by atoms with Gasteiger partial charge in [0, 0.05) is 38.0 Å². The van der Waals surface area contributed by atoms with Gasteiger partial charge < -0.3 is 0 Å². The summed E-state index contributed by atoms with van der Waals surface area (Å²) in [7, 11) is 2.85. The van der Waals surface area contributed by atoms with E-state index in [1.807, 2.05) is 0 Å². The Balaban J connectivity index is 1.97. The molecule has 0 atom stereocenters. The molecule has 0 N–H and O–H groups in total. The number of para-hydroxylation sites is 1. The predicted octanol–water partition coefficient (Wildman–Crippen LogP) is 2.39. The molecular weight excluding hydrogens is 419 g/mol. The van der Waals surface area contributed by atoms with Gasteiger partial charge in [-0.15, -0.1) is 0 Å². The lowest BCUT2D eigenvalue weighted by Gasteiger charge is -2.10. The van der Waals surface area contributed by atoms with Gasteiger partial charge in [0.15, 0.2) is 11.2 Å². The number of hydrogen-bond donors (Lipinski definition) is 0. The van der Waals surface area contributed by atoms with Crippen LogP contribution in [0, 0.1) is 15.9 Å². The number of hydrogen-bond acceptors (Lipinski definition) is 5. The molecule has 0 radical (unpaired) electrons. The van der Waals surface area contributed by atoms with Crippen molar-refractivity contribution in [2.45, 2.75) is 0 Å². The lowest BCUT2D eigenvalue weighted by atomic mass is 10.1. The van der Waals surface area contributed by atoms with Gasteiger partial charge in [0.25, 0.3) is 11.2 Å². The zero-order valence-corrected chi connectivity index (χ0v) is 16.9. The average Bonchev–Trinajstić information content (AvgIpc) is 3.33. The number of aryl methyl sites for hydroxylation is 1. The molecule has 0 fully saturated rings. The first-order chi connectivity index (χ1) is 15.3. The van der Waals surface area contributed by atoms with Gasteiger partial charge in [-0.25, -0.2) is 9.18 Å². The number of nitro benzene ring substituents is 1. The zero-order valence-electron chi connectivity index (χ0n) is 16.9. The summed E-state index contributed by atoms with van der Waals surface area (Å²) in [6.45, 7) is 0. The van der Waals surface area contributed by atoms with Crippen LogP contribution in [0.2, 0.25) is 0 Å². The molecule has 0 saturated carbocycles. The third kappa shape index (κ3) is 2.61. The quantitative estimate of drug-likeness (QED) is 0.320. The highest BCUT2D eigenvalue weighted by Crippen LogP contribution is 2.31. The van der Waals surface area contributed by atoms with Crippen LogP contribution in [0.15, 0.2) is 64.3 Å². The second-order valence-electron chi connectivity index (χ2n) is 7.27. The maximum absolute atomic E-state index is 14.8. The van der Waals surface area contributed by atoms with E-state index in [2.05, 4.69) is 4.98 Å². The summed E-state index contributed by atoms with van der Waals surface area (Å²) in [5.74, 6) is -0.365. The van der Waals surface area contributed by atoms with Crippen molar-refractivity contribution in [2.24, 2.45) is 14.1 Å². The number of nitrogens with zero attached hydrogens (tertiary/aromatic N) is 6. The van der Waals surface area contributed by atoms with Crippen LogP contribution < -0.4 is 11.2 Å². The first-order valence-electron chi connectivity index (χ1n) is 9.49. The fourth-order valence-electron chi connectivity index (χ4n) is 3.82. The van der Waals surface area contributed by atoms with Crippen molar-refractivity contribution < 1.29 is 9.31 Å². The summed E-state index contributed by atoms with van der Waals surface area (Å²) in [6.07, 6.45) is 1.56. The smallest absolute Gasteiger partial charge is 0.279 e. The van der Waals surface area contributed by atoms with E-state index in [0.29, 0.717) is 11.3 Å². The van der Waals surface area contributed by atoms with Gasteiger partial charge >= 0.3 is 5.69 Å². The molecule has 160 valence electrons. The van der Waals surface area contributed by atoms with E-state index in [-0.39, 0.29) is 28.3 Å². The van der Waals surface area contributed by atoms with Crippen molar-refractivity contribution in [1.82, 2.24) is 23.1 Å². The highest BCUT2D eigenvalue weighted by Gasteiger charge is 2.23. The molecule has 3 aromatic heterocycles. The number of rotatable bonds is 3. The van der Waals surface area contributed by atoms with E-state index in [9.17, 15) is 24.1 Å². The molecule has 0 aliphatic carbocycles. The van der Waals surface area contributed by atoms with Gasteiger partial charge in [0.1, 0.15) is 5.82 Å². The van der Waals surface area contributed by atoms with Crippen LogP contribution in [0.3, 0.4) is 0 Å². The molecule has 0 saturated heterocycles. The van der Waals surface area contributed by atoms with Gasteiger partial charge in [0.2, 0.25) is 5.78 Å². The molecule has 0 amide bonds. The van der Waals surface area contributed by atoms with Crippen molar-refractivity contribution in [3.05, 3.63) is 91.5 Å². The SMILES string of the molecule is Cn1c(=O)c2c(nc3n(-c4ccccc4F)c(-c4cccc([N+](=O)[O-])c4)cn23)n(C)c1=O. The number of non-ortho nitro benzene ring substituents is 1. The lowest BCUT2D eigenvalue weighted by Crippen LogP contribution is -2.37. The van der Waals surface area contributed by atoms with Gasteiger partial charge in [-0.05, 0) is 12.1 Å². The number of benzene rings is 2. The molecule has 3 heterocycles. The van der Waals surface area contributed by atoms with Gasteiger partial charge in [-0.2, -0.15) is 4.98 Å². The van der Waals surface area contributed by atoms with Crippen LogP contribution in [-0.4, -0.2) is 28.0 Å². The van der Waals surface area contributed by atoms with Crippen molar-refractivity contribution in [3.8, 4) is 16.9 Å². The fourth-order valence-corrected chi connectivity index (χ4v) is 3.82. The van der Waals surface area contributed by atoms with Crippen LogP contribution in [0.4, 0.5) is 10.1 Å². The molecule has 11 heteroatoms. The van der Waals surface area contributed by atoms with E-state index in [1.54, 1.807) is 18.3 Å². The summed E-state index contributed by atoms with van der Waals surface area (Å²) < 4.78 is 20.0. The number of halogens is 1. The maximum atomic E-state index is 14.8. The number of imidazole rings is 2. The molecule has 0 unspecified atom stereocenters. The maximum Gasteiger partial charge on any atom is 0.332 e.